The first kappa shape index (κ1) is 21.3. The largest absolute Gasteiger partial charge is 0.497 e. The first-order valence-corrected chi connectivity index (χ1v) is 11.0. The third kappa shape index (κ3) is 5.80. The van der Waals surface area contributed by atoms with Crippen molar-refractivity contribution in [2.24, 2.45) is 0 Å². The molecule has 0 bridgehead atoms. The number of nitrogens with one attached hydrogen (secondary N) is 1. The first-order valence-electron chi connectivity index (χ1n) is 10.1. The second-order valence-electron chi connectivity index (χ2n) is 7.31. The Kier molecular flexibility index (Phi) is 6.78. The SMILES string of the molecule is COc1ccc(Cn2nnc(Cn3ccc(/C=C4\CNCCC4SC(C)=O)n3)n2)cc1. The Morgan fingerprint density at radius 3 is 2.87 bits per heavy atom. The van der Waals surface area contributed by atoms with Crippen molar-refractivity contribution in [1.29, 1.82) is 0 Å². The molecule has 0 amide bonds. The molecule has 1 unspecified atom stereocenters. The van der Waals surface area contributed by atoms with E-state index in [1.165, 1.54) is 17.3 Å². The molecule has 162 valence electrons. The molecule has 1 saturated heterocycles. The van der Waals surface area contributed by atoms with Crippen LogP contribution in [0.2, 0.25) is 0 Å². The van der Waals surface area contributed by atoms with Crippen LogP contribution in [0.25, 0.3) is 6.08 Å². The number of methoxy groups -OCH3 is 1. The lowest BCUT2D eigenvalue weighted by Crippen LogP contribution is -2.32. The Morgan fingerprint density at radius 1 is 1.26 bits per heavy atom. The van der Waals surface area contributed by atoms with Crippen molar-refractivity contribution in [3.8, 4) is 5.75 Å². The highest BCUT2D eigenvalue weighted by molar-refractivity contribution is 8.14. The Balaban J connectivity index is 1.39. The van der Waals surface area contributed by atoms with Crippen LogP contribution >= 0.6 is 11.8 Å². The van der Waals surface area contributed by atoms with Gasteiger partial charge in [0.05, 0.1) is 19.3 Å². The predicted octanol–water partition coefficient (Wildman–Crippen LogP) is 2.00. The smallest absolute Gasteiger partial charge is 0.196 e. The van der Waals surface area contributed by atoms with Gasteiger partial charge >= 0.3 is 0 Å². The third-order valence-electron chi connectivity index (χ3n) is 4.91. The summed E-state index contributed by atoms with van der Waals surface area (Å²) < 4.78 is 6.97. The fourth-order valence-electron chi connectivity index (χ4n) is 3.42. The number of carbonyl (C=O) groups is 1. The average molecular weight is 440 g/mol. The molecule has 0 spiro atoms. The molecule has 0 aliphatic carbocycles. The minimum Gasteiger partial charge on any atom is -0.497 e. The van der Waals surface area contributed by atoms with Crippen LogP contribution < -0.4 is 10.1 Å². The molecule has 3 heterocycles. The number of rotatable bonds is 7. The minimum atomic E-state index is 0.145. The molecular formula is C21H25N7O2S. The van der Waals surface area contributed by atoms with Crippen LogP contribution in [0.5, 0.6) is 5.75 Å². The van der Waals surface area contributed by atoms with Crippen LogP contribution in [0.1, 0.15) is 30.4 Å². The fourth-order valence-corrected chi connectivity index (χ4v) is 4.36. The number of ether oxygens (including phenoxy) is 1. The highest BCUT2D eigenvalue weighted by Crippen LogP contribution is 2.26. The number of benzene rings is 1. The van der Waals surface area contributed by atoms with Crippen molar-refractivity contribution >= 4 is 23.0 Å². The van der Waals surface area contributed by atoms with Crippen LogP contribution in [-0.2, 0) is 17.9 Å². The van der Waals surface area contributed by atoms with E-state index in [0.717, 1.165) is 36.5 Å². The molecule has 1 aliphatic heterocycles. The number of aromatic nitrogens is 6. The zero-order chi connectivity index (χ0) is 21.6. The van der Waals surface area contributed by atoms with E-state index in [2.05, 4.69) is 31.9 Å². The molecule has 1 fully saturated rings. The zero-order valence-corrected chi connectivity index (χ0v) is 18.4. The maximum Gasteiger partial charge on any atom is 0.196 e. The van der Waals surface area contributed by atoms with Crippen LogP contribution in [0, 0.1) is 0 Å². The van der Waals surface area contributed by atoms with Crippen molar-refractivity contribution in [1.82, 2.24) is 35.3 Å². The first-order chi connectivity index (χ1) is 15.1. The van der Waals surface area contributed by atoms with Gasteiger partial charge in [0.1, 0.15) is 12.3 Å². The summed E-state index contributed by atoms with van der Waals surface area (Å²) in [6.45, 7) is 4.30. The van der Waals surface area contributed by atoms with Crippen molar-refractivity contribution in [2.45, 2.75) is 31.7 Å². The molecule has 1 atom stereocenters. The molecule has 31 heavy (non-hydrogen) atoms. The molecule has 4 rings (SSSR count). The molecule has 10 heteroatoms. The molecule has 3 aromatic rings. The summed E-state index contributed by atoms with van der Waals surface area (Å²) in [4.78, 5) is 13.1. The van der Waals surface area contributed by atoms with Gasteiger partial charge in [-0.1, -0.05) is 23.9 Å². The highest BCUT2D eigenvalue weighted by atomic mass is 32.2. The predicted molar refractivity (Wildman–Crippen MR) is 119 cm³/mol. The van der Waals surface area contributed by atoms with Gasteiger partial charge in [-0.05, 0) is 53.6 Å². The number of piperidine rings is 1. The van der Waals surface area contributed by atoms with E-state index in [1.54, 1.807) is 23.5 Å². The van der Waals surface area contributed by atoms with E-state index in [-0.39, 0.29) is 10.4 Å². The van der Waals surface area contributed by atoms with Crippen LogP contribution in [0.3, 0.4) is 0 Å². The lowest BCUT2D eigenvalue weighted by molar-refractivity contribution is -0.109. The second kappa shape index (κ2) is 9.88. The second-order valence-corrected chi connectivity index (χ2v) is 8.68. The molecule has 0 saturated carbocycles. The lowest BCUT2D eigenvalue weighted by atomic mass is 10.0. The van der Waals surface area contributed by atoms with Gasteiger partial charge in [0.25, 0.3) is 0 Å². The molecule has 9 nitrogen and oxygen atoms in total. The van der Waals surface area contributed by atoms with Gasteiger partial charge in [0, 0.05) is 24.9 Å². The molecule has 1 aromatic carbocycles. The van der Waals surface area contributed by atoms with Gasteiger partial charge in [-0.15, -0.1) is 10.2 Å². The van der Waals surface area contributed by atoms with Gasteiger partial charge in [-0.3, -0.25) is 9.48 Å². The van der Waals surface area contributed by atoms with E-state index < -0.39 is 0 Å². The molecule has 1 N–H and O–H groups in total. The number of thioether (sulfide) groups is 1. The van der Waals surface area contributed by atoms with Crippen LogP contribution in [-0.4, -0.2) is 60.6 Å². The summed E-state index contributed by atoms with van der Waals surface area (Å²) in [5.41, 5.74) is 3.12. The van der Waals surface area contributed by atoms with Crippen molar-refractivity contribution in [3.05, 3.63) is 59.2 Å². The number of nitrogens with zero attached hydrogens (tertiary/aromatic N) is 6. The van der Waals surface area contributed by atoms with Crippen molar-refractivity contribution < 1.29 is 9.53 Å². The Bertz CT molecular complexity index is 1060. The number of tetrazole rings is 1. The van der Waals surface area contributed by atoms with Crippen LogP contribution in [0.15, 0.2) is 42.1 Å². The maximum atomic E-state index is 11.5. The average Bonchev–Trinajstić information content (AvgIpc) is 3.39. The normalized spacial score (nSPS) is 17.7. The third-order valence-corrected chi connectivity index (χ3v) is 6.06. The van der Waals surface area contributed by atoms with Crippen LogP contribution in [0.4, 0.5) is 0 Å². The summed E-state index contributed by atoms with van der Waals surface area (Å²) >= 11 is 1.40. The monoisotopic (exact) mass is 439 g/mol. The van der Waals surface area contributed by atoms with Crippen molar-refractivity contribution in [3.63, 3.8) is 0 Å². The van der Waals surface area contributed by atoms with E-state index in [0.29, 0.717) is 18.9 Å². The number of hydrogen-bond donors (Lipinski definition) is 1. The molecule has 1 aliphatic rings. The Labute approximate surface area is 184 Å². The number of hydrogen-bond acceptors (Lipinski definition) is 8. The quantitative estimate of drug-likeness (QED) is 0.597. The summed E-state index contributed by atoms with van der Waals surface area (Å²) in [5, 5.41) is 21.1. The summed E-state index contributed by atoms with van der Waals surface area (Å²) in [5.74, 6) is 1.41. The minimum absolute atomic E-state index is 0.145. The Morgan fingerprint density at radius 2 is 2.10 bits per heavy atom. The molecule has 2 aromatic heterocycles. The van der Waals surface area contributed by atoms with Gasteiger partial charge < -0.3 is 10.1 Å². The zero-order valence-electron chi connectivity index (χ0n) is 17.6. The Hall–Kier alpha value is -2.98. The summed E-state index contributed by atoms with van der Waals surface area (Å²) in [6.07, 6.45) is 4.91. The van der Waals surface area contributed by atoms with Crippen molar-refractivity contribution in [2.75, 3.05) is 20.2 Å². The van der Waals surface area contributed by atoms with E-state index in [4.69, 9.17) is 4.74 Å². The van der Waals surface area contributed by atoms with E-state index in [9.17, 15) is 4.79 Å². The summed E-state index contributed by atoms with van der Waals surface area (Å²) in [7, 11) is 1.65. The highest BCUT2D eigenvalue weighted by Gasteiger charge is 2.21. The van der Waals surface area contributed by atoms with E-state index >= 15 is 0 Å². The topological polar surface area (TPSA) is 99.8 Å². The maximum absolute atomic E-state index is 11.5. The molecular weight excluding hydrogens is 414 g/mol. The van der Waals surface area contributed by atoms with Gasteiger partial charge in [-0.2, -0.15) is 9.90 Å². The van der Waals surface area contributed by atoms with Gasteiger partial charge in [0.15, 0.2) is 10.9 Å². The standard InChI is InChI=1S/C21H25N7O2S/c1-15(29)31-20-7-9-22-12-17(20)11-18-8-10-27(24-18)14-21-23-26-28(25-21)13-16-3-5-19(30-2)6-4-16/h3-6,8,10-11,20,22H,7,9,12-14H2,1-2H3/b17-11+. The van der Waals surface area contributed by atoms with Gasteiger partial charge in [0.2, 0.25) is 0 Å². The van der Waals surface area contributed by atoms with Gasteiger partial charge in [-0.25, -0.2) is 0 Å². The molecule has 0 radical (unpaired) electrons. The lowest BCUT2D eigenvalue weighted by Gasteiger charge is -2.24. The fraction of sp³-hybridized carbons (Fsp3) is 0.381. The number of carbonyl (C=O) groups excluding carboxylic acids is 1. The van der Waals surface area contributed by atoms with E-state index in [1.807, 2.05) is 36.5 Å². The summed E-state index contributed by atoms with van der Waals surface area (Å²) in [6, 6.07) is 9.74.